The summed E-state index contributed by atoms with van der Waals surface area (Å²) in [4.78, 5) is 11.8. The van der Waals surface area contributed by atoms with Crippen molar-refractivity contribution < 1.29 is 4.79 Å². The van der Waals surface area contributed by atoms with E-state index in [0.29, 0.717) is 18.5 Å². The van der Waals surface area contributed by atoms with Crippen molar-refractivity contribution in [2.75, 3.05) is 0 Å². The molecule has 1 heterocycles. The number of aromatic nitrogens is 3. The lowest BCUT2D eigenvalue weighted by atomic mass is 10.1. The summed E-state index contributed by atoms with van der Waals surface area (Å²) in [5.74, 6) is 0.0244. The molecule has 6 heteroatoms. The normalized spacial score (nSPS) is 10.7. The first-order valence-corrected chi connectivity index (χ1v) is 7.60. The number of halogens is 2. The van der Waals surface area contributed by atoms with Crippen LogP contribution in [0.2, 0.25) is 0 Å². The van der Waals surface area contributed by atoms with Crippen LogP contribution in [0, 0.1) is 0 Å². The van der Waals surface area contributed by atoms with E-state index >= 15 is 0 Å². The second-order valence-corrected chi connectivity index (χ2v) is 5.79. The minimum absolute atomic E-state index is 0.0244. The molecule has 0 aliphatic rings. The Balaban J connectivity index is 2.57. The van der Waals surface area contributed by atoms with Crippen LogP contribution in [0.3, 0.4) is 0 Å². The molecule has 19 heavy (non-hydrogen) atoms. The van der Waals surface area contributed by atoms with Crippen molar-refractivity contribution in [3.05, 3.63) is 38.5 Å². The lowest BCUT2D eigenvalue weighted by Gasteiger charge is -2.08. The van der Waals surface area contributed by atoms with E-state index in [2.05, 4.69) is 42.2 Å². The summed E-state index contributed by atoms with van der Waals surface area (Å²) in [5, 5.41) is 8.15. The molecule has 0 radical (unpaired) electrons. The van der Waals surface area contributed by atoms with Crippen LogP contribution < -0.4 is 0 Å². The number of carbonyl (C=O) groups excluding carboxylic acids is 1. The van der Waals surface area contributed by atoms with Crippen molar-refractivity contribution in [3.8, 4) is 5.69 Å². The van der Waals surface area contributed by atoms with Gasteiger partial charge in [-0.2, -0.15) is 0 Å². The first-order chi connectivity index (χ1) is 9.08. The Bertz CT molecular complexity index is 622. The zero-order chi connectivity index (χ0) is 14.0. The first-order valence-electron chi connectivity index (χ1n) is 6.01. The van der Waals surface area contributed by atoms with Crippen LogP contribution >= 0.6 is 31.9 Å². The molecule has 0 saturated carbocycles. The van der Waals surface area contributed by atoms with E-state index in [4.69, 9.17) is 0 Å². The van der Waals surface area contributed by atoms with Crippen LogP contribution in [0.5, 0.6) is 0 Å². The van der Waals surface area contributed by atoms with Crippen LogP contribution in [0.15, 0.2) is 27.1 Å². The largest absolute Gasteiger partial charge is 0.292 e. The summed E-state index contributed by atoms with van der Waals surface area (Å²) in [5.41, 5.74) is 2.19. The molecule has 100 valence electrons. The Hall–Kier alpha value is -1.01. The van der Waals surface area contributed by atoms with Gasteiger partial charge in [-0.15, -0.1) is 5.10 Å². The molecule has 0 aliphatic carbocycles. The van der Waals surface area contributed by atoms with Gasteiger partial charge in [0.05, 0.1) is 11.4 Å². The predicted molar refractivity (Wildman–Crippen MR) is 80.8 cm³/mol. The maximum absolute atomic E-state index is 11.8. The van der Waals surface area contributed by atoms with Gasteiger partial charge in [-0.25, -0.2) is 4.68 Å². The second kappa shape index (κ2) is 5.96. The van der Waals surface area contributed by atoms with Crippen LogP contribution in [0.1, 0.15) is 36.5 Å². The minimum atomic E-state index is 0.0244. The standard InChI is InChI=1S/C13H13Br2N3O/c1-3-10-13(12(19)4-2)16-17-18(10)11-6-5-8(14)7-9(11)15/h5-7H,3-4H2,1-2H3. The number of Topliss-reactive ketones (excluding diaryl/α,β-unsaturated/α-hetero) is 1. The summed E-state index contributed by atoms with van der Waals surface area (Å²) in [6.45, 7) is 3.82. The molecule has 2 rings (SSSR count). The van der Waals surface area contributed by atoms with Gasteiger partial charge in [0.1, 0.15) is 0 Å². The van der Waals surface area contributed by atoms with Gasteiger partial charge in [0, 0.05) is 15.4 Å². The van der Waals surface area contributed by atoms with E-state index in [9.17, 15) is 4.79 Å². The lowest BCUT2D eigenvalue weighted by Crippen LogP contribution is -2.06. The smallest absolute Gasteiger partial charge is 0.184 e. The van der Waals surface area contributed by atoms with Gasteiger partial charge in [0.2, 0.25) is 0 Å². The van der Waals surface area contributed by atoms with Gasteiger partial charge < -0.3 is 0 Å². The lowest BCUT2D eigenvalue weighted by molar-refractivity contribution is 0.0982. The van der Waals surface area contributed by atoms with Crippen molar-refractivity contribution in [2.24, 2.45) is 0 Å². The van der Waals surface area contributed by atoms with E-state index in [1.807, 2.05) is 32.0 Å². The number of nitrogens with zero attached hydrogens (tertiary/aromatic N) is 3. The third-order valence-electron chi connectivity index (χ3n) is 2.82. The highest BCUT2D eigenvalue weighted by Gasteiger charge is 2.18. The van der Waals surface area contributed by atoms with Crippen LogP contribution in [0.4, 0.5) is 0 Å². The SMILES string of the molecule is CCC(=O)c1nnn(-c2ccc(Br)cc2Br)c1CC. The first kappa shape index (κ1) is 14.4. The second-order valence-electron chi connectivity index (χ2n) is 4.02. The Kier molecular flexibility index (Phi) is 4.52. The molecule has 1 aromatic carbocycles. The predicted octanol–water partition coefficient (Wildman–Crippen LogP) is 3.95. The number of carbonyl (C=O) groups is 1. The van der Waals surface area contributed by atoms with Gasteiger partial charge in [0.25, 0.3) is 0 Å². The van der Waals surface area contributed by atoms with E-state index in [0.717, 1.165) is 20.3 Å². The van der Waals surface area contributed by atoms with E-state index in [1.165, 1.54) is 0 Å². The topological polar surface area (TPSA) is 47.8 Å². The molecule has 0 amide bonds. The average molecular weight is 387 g/mol. The van der Waals surface area contributed by atoms with Crippen molar-refractivity contribution in [3.63, 3.8) is 0 Å². The molecule has 0 fully saturated rings. The highest BCUT2D eigenvalue weighted by atomic mass is 79.9. The van der Waals surface area contributed by atoms with Crippen LogP contribution in [-0.2, 0) is 6.42 Å². The zero-order valence-corrected chi connectivity index (χ0v) is 13.8. The van der Waals surface area contributed by atoms with E-state index in [-0.39, 0.29) is 5.78 Å². The Morgan fingerprint density at radius 1 is 1.32 bits per heavy atom. The highest BCUT2D eigenvalue weighted by molar-refractivity contribution is 9.11. The zero-order valence-electron chi connectivity index (χ0n) is 10.7. The maximum Gasteiger partial charge on any atom is 0.184 e. The van der Waals surface area contributed by atoms with Crippen LogP contribution in [0.25, 0.3) is 5.69 Å². The van der Waals surface area contributed by atoms with Crippen molar-refractivity contribution in [2.45, 2.75) is 26.7 Å². The van der Waals surface area contributed by atoms with E-state index < -0.39 is 0 Å². The summed E-state index contributed by atoms with van der Waals surface area (Å²) >= 11 is 6.92. The molecule has 0 bridgehead atoms. The number of ketones is 1. The number of hydrogen-bond donors (Lipinski definition) is 0. The van der Waals surface area contributed by atoms with Gasteiger partial charge in [-0.3, -0.25) is 4.79 Å². The van der Waals surface area contributed by atoms with Crippen molar-refractivity contribution >= 4 is 37.6 Å². The number of rotatable bonds is 4. The molecule has 0 aliphatic heterocycles. The van der Waals surface area contributed by atoms with Gasteiger partial charge in [-0.05, 0) is 40.5 Å². The fraction of sp³-hybridized carbons (Fsp3) is 0.308. The van der Waals surface area contributed by atoms with Gasteiger partial charge in [0.15, 0.2) is 11.5 Å². The number of benzene rings is 1. The quantitative estimate of drug-likeness (QED) is 0.747. The van der Waals surface area contributed by atoms with E-state index in [1.54, 1.807) is 4.68 Å². The fourth-order valence-electron chi connectivity index (χ4n) is 1.85. The monoisotopic (exact) mass is 385 g/mol. The minimum Gasteiger partial charge on any atom is -0.292 e. The van der Waals surface area contributed by atoms with Gasteiger partial charge in [-0.1, -0.05) is 35.0 Å². The Labute approximate surface area is 128 Å². The Morgan fingerprint density at radius 2 is 2.05 bits per heavy atom. The molecule has 0 saturated heterocycles. The van der Waals surface area contributed by atoms with Crippen molar-refractivity contribution in [1.29, 1.82) is 0 Å². The summed E-state index contributed by atoms with van der Waals surface area (Å²) in [6, 6.07) is 5.81. The molecule has 0 N–H and O–H groups in total. The maximum atomic E-state index is 11.8. The summed E-state index contributed by atoms with van der Waals surface area (Å²) < 4.78 is 3.60. The molecule has 2 aromatic rings. The molecular weight excluding hydrogens is 374 g/mol. The number of hydrogen-bond acceptors (Lipinski definition) is 3. The molecule has 1 aromatic heterocycles. The molecule has 0 spiro atoms. The summed E-state index contributed by atoms with van der Waals surface area (Å²) in [6.07, 6.45) is 1.14. The Morgan fingerprint density at radius 3 is 2.63 bits per heavy atom. The van der Waals surface area contributed by atoms with Crippen molar-refractivity contribution in [1.82, 2.24) is 15.0 Å². The molecule has 0 atom stereocenters. The highest BCUT2D eigenvalue weighted by Crippen LogP contribution is 2.26. The molecular formula is C13H13Br2N3O. The summed E-state index contributed by atoms with van der Waals surface area (Å²) in [7, 11) is 0. The third kappa shape index (κ3) is 2.79. The molecule has 0 unspecified atom stereocenters. The van der Waals surface area contributed by atoms with Gasteiger partial charge >= 0.3 is 0 Å². The fourth-order valence-corrected chi connectivity index (χ4v) is 3.06. The average Bonchev–Trinajstić information content (AvgIpc) is 2.81. The van der Waals surface area contributed by atoms with Crippen LogP contribution in [-0.4, -0.2) is 20.8 Å². The third-order valence-corrected chi connectivity index (χ3v) is 3.95. The molecule has 4 nitrogen and oxygen atoms in total.